The number of carbonyl (C=O) groups is 2. The average molecular weight is 765 g/mol. The lowest BCUT2D eigenvalue weighted by atomic mass is 10.0. The van der Waals surface area contributed by atoms with Crippen LogP contribution in [0.15, 0.2) is 0 Å². The predicted molar refractivity (Wildman–Crippen MR) is 210 cm³/mol. The van der Waals surface area contributed by atoms with Gasteiger partial charge in [-0.05, 0) is 12.8 Å². The zero-order valence-electron chi connectivity index (χ0n) is 33.6. The highest BCUT2D eigenvalue weighted by molar-refractivity contribution is 7.47. The summed E-state index contributed by atoms with van der Waals surface area (Å²) in [5.41, 5.74) is 0. The molecule has 0 aliphatic heterocycles. The van der Waals surface area contributed by atoms with Gasteiger partial charge < -0.3 is 24.6 Å². The first-order chi connectivity index (χ1) is 25.2. The predicted octanol–water partition coefficient (Wildman–Crippen LogP) is 11.1. The van der Waals surface area contributed by atoms with Gasteiger partial charge >= 0.3 is 19.8 Å². The van der Waals surface area contributed by atoms with E-state index in [1.54, 1.807) is 0 Å². The minimum Gasteiger partial charge on any atom is -0.462 e. The molecule has 0 heterocycles. The number of hydrogen-bond acceptors (Lipinski definition) is 9. The van der Waals surface area contributed by atoms with Crippen molar-refractivity contribution in [3.05, 3.63) is 0 Å². The molecule has 10 nitrogen and oxygen atoms in total. The number of aliphatic hydroxyl groups excluding tert-OH is 2. The minimum atomic E-state index is -4.61. The summed E-state index contributed by atoms with van der Waals surface area (Å²) in [6.07, 6.45) is 33.5. The molecule has 0 rings (SSSR count). The third-order valence-electron chi connectivity index (χ3n) is 9.51. The molecule has 0 saturated heterocycles. The number of phosphoric acid groups is 1. The van der Waals surface area contributed by atoms with Gasteiger partial charge in [0.2, 0.25) is 0 Å². The molecule has 11 heteroatoms. The van der Waals surface area contributed by atoms with Crippen LogP contribution in [-0.4, -0.2) is 65.7 Å². The Labute approximate surface area is 318 Å². The number of carbonyl (C=O) groups excluding carboxylic acids is 2. The van der Waals surface area contributed by atoms with Crippen molar-refractivity contribution < 1.29 is 47.8 Å². The van der Waals surface area contributed by atoms with E-state index >= 15 is 0 Å². The highest BCUT2D eigenvalue weighted by Gasteiger charge is 2.27. The van der Waals surface area contributed by atoms with Gasteiger partial charge in [0.1, 0.15) is 12.7 Å². The summed E-state index contributed by atoms with van der Waals surface area (Å²) < 4.78 is 32.7. The molecule has 0 aromatic rings. The van der Waals surface area contributed by atoms with E-state index in [9.17, 15) is 24.2 Å². The lowest BCUT2D eigenvalue weighted by Gasteiger charge is -2.20. The lowest BCUT2D eigenvalue weighted by molar-refractivity contribution is -0.161. The van der Waals surface area contributed by atoms with Crippen molar-refractivity contribution in [3.8, 4) is 0 Å². The lowest BCUT2D eigenvalue weighted by Crippen LogP contribution is -2.29. The van der Waals surface area contributed by atoms with Crippen molar-refractivity contribution >= 4 is 19.8 Å². The van der Waals surface area contributed by atoms with Crippen LogP contribution in [0.2, 0.25) is 0 Å². The van der Waals surface area contributed by atoms with Gasteiger partial charge in [-0.1, -0.05) is 187 Å². The van der Waals surface area contributed by atoms with Crippen LogP contribution in [0.1, 0.15) is 213 Å². The fourth-order valence-corrected chi connectivity index (χ4v) is 6.96. The molecule has 52 heavy (non-hydrogen) atoms. The largest absolute Gasteiger partial charge is 0.472 e. The molecule has 0 amide bonds. The maximum absolute atomic E-state index is 12.6. The maximum Gasteiger partial charge on any atom is 0.472 e. The molecule has 0 fully saturated rings. The Kier molecular flexibility index (Phi) is 37.5. The molecule has 0 saturated carbocycles. The molecule has 310 valence electrons. The van der Waals surface area contributed by atoms with Crippen molar-refractivity contribution in [2.75, 3.05) is 26.4 Å². The van der Waals surface area contributed by atoms with Crippen molar-refractivity contribution in [1.29, 1.82) is 0 Å². The number of hydrogen-bond donors (Lipinski definition) is 3. The summed E-state index contributed by atoms with van der Waals surface area (Å²) in [5.74, 6) is -0.910. The van der Waals surface area contributed by atoms with Gasteiger partial charge in [0.15, 0.2) is 6.10 Å². The molecule has 0 aromatic heterocycles. The van der Waals surface area contributed by atoms with Crippen molar-refractivity contribution in [2.45, 2.75) is 225 Å². The average Bonchev–Trinajstić information content (AvgIpc) is 3.13. The fraction of sp³-hybridized carbons (Fsp3) is 0.951. The summed E-state index contributed by atoms with van der Waals surface area (Å²) in [7, 11) is -4.61. The summed E-state index contributed by atoms with van der Waals surface area (Å²) in [6.45, 7) is 2.41. The van der Waals surface area contributed by atoms with Gasteiger partial charge in [0.05, 0.1) is 19.8 Å². The maximum atomic E-state index is 12.6. The van der Waals surface area contributed by atoms with Crippen LogP contribution in [-0.2, 0) is 32.7 Å². The molecule has 0 spiro atoms. The fourth-order valence-electron chi connectivity index (χ4n) is 6.17. The molecule has 0 aliphatic carbocycles. The van der Waals surface area contributed by atoms with E-state index in [1.165, 1.54) is 141 Å². The topological polar surface area (TPSA) is 149 Å². The number of phosphoric ester groups is 1. The highest BCUT2D eigenvalue weighted by Crippen LogP contribution is 2.43. The van der Waals surface area contributed by atoms with Gasteiger partial charge in [-0.3, -0.25) is 18.6 Å². The van der Waals surface area contributed by atoms with Gasteiger partial charge in [0.25, 0.3) is 0 Å². The summed E-state index contributed by atoms with van der Waals surface area (Å²) in [6, 6.07) is 0. The van der Waals surface area contributed by atoms with Crippen molar-refractivity contribution in [2.24, 2.45) is 0 Å². The molecule has 3 N–H and O–H groups in total. The van der Waals surface area contributed by atoms with E-state index in [0.717, 1.165) is 32.1 Å². The van der Waals surface area contributed by atoms with Crippen molar-refractivity contribution in [3.63, 3.8) is 0 Å². The second-order valence-corrected chi connectivity index (χ2v) is 16.2. The summed E-state index contributed by atoms with van der Waals surface area (Å²) >= 11 is 0. The monoisotopic (exact) mass is 765 g/mol. The number of unbranched alkanes of at least 4 members (excludes halogenated alkanes) is 27. The molecular formula is C41H81O10P. The van der Waals surface area contributed by atoms with Gasteiger partial charge in [0, 0.05) is 12.8 Å². The van der Waals surface area contributed by atoms with E-state index in [-0.39, 0.29) is 19.4 Å². The smallest absolute Gasteiger partial charge is 0.462 e. The van der Waals surface area contributed by atoms with Crippen LogP contribution in [0.5, 0.6) is 0 Å². The Bertz CT molecular complexity index is 842. The Hall–Kier alpha value is -1.03. The summed E-state index contributed by atoms with van der Waals surface area (Å²) in [4.78, 5) is 34.9. The van der Waals surface area contributed by atoms with E-state index in [1.807, 2.05) is 0 Å². The van der Waals surface area contributed by atoms with Crippen LogP contribution in [0.3, 0.4) is 0 Å². The van der Waals surface area contributed by atoms with Gasteiger partial charge in [-0.25, -0.2) is 4.57 Å². The minimum absolute atomic E-state index is 0.192. The van der Waals surface area contributed by atoms with Crippen LogP contribution < -0.4 is 0 Å². The Morgan fingerprint density at radius 3 is 1.19 bits per heavy atom. The first kappa shape index (κ1) is 51.0. The van der Waals surface area contributed by atoms with E-state index in [4.69, 9.17) is 19.1 Å². The zero-order valence-corrected chi connectivity index (χ0v) is 34.4. The molecule has 3 unspecified atom stereocenters. The summed E-state index contributed by atoms with van der Waals surface area (Å²) in [5, 5.41) is 18.3. The number of ether oxygens (including phenoxy) is 2. The van der Waals surface area contributed by atoms with Crippen LogP contribution in [0.4, 0.5) is 0 Å². The first-order valence-electron chi connectivity index (χ1n) is 21.5. The number of aliphatic hydroxyl groups is 2. The third kappa shape index (κ3) is 37.3. The van der Waals surface area contributed by atoms with Crippen LogP contribution in [0, 0.1) is 0 Å². The quantitative estimate of drug-likeness (QED) is 0.0312. The number of esters is 2. The van der Waals surface area contributed by atoms with E-state index in [0.29, 0.717) is 12.8 Å². The Balaban J connectivity index is 4.26. The number of rotatable bonds is 41. The standard InChI is InChI=1S/C41H81O10P/c1-3-5-7-9-11-13-15-17-19-21-23-25-27-29-31-33-41(45)51-39(37-50-52(46,47)49-35-38(43)34-42)36-48-40(44)32-30-28-26-24-22-20-18-16-14-12-10-8-6-4-2/h38-39,42-43H,3-37H2,1-2H3,(H,46,47). The highest BCUT2D eigenvalue weighted by atomic mass is 31.2. The molecule has 0 aromatic carbocycles. The second kappa shape index (κ2) is 38.3. The van der Waals surface area contributed by atoms with E-state index < -0.39 is 51.8 Å². The molecular weight excluding hydrogens is 683 g/mol. The molecule has 0 aliphatic rings. The van der Waals surface area contributed by atoms with Crippen LogP contribution in [0.25, 0.3) is 0 Å². The Morgan fingerprint density at radius 2 is 0.827 bits per heavy atom. The molecule has 0 radical (unpaired) electrons. The molecule has 0 bridgehead atoms. The first-order valence-corrected chi connectivity index (χ1v) is 23.0. The zero-order chi connectivity index (χ0) is 38.4. The third-order valence-corrected chi connectivity index (χ3v) is 10.5. The second-order valence-electron chi connectivity index (χ2n) is 14.7. The Morgan fingerprint density at radius 1 is 0.500 bits per heavy atom. The van der Waals surface area contributed by atoms with Crippen LogP contribution >= 0.6 is 7.82 Å². The van der Waals surface area contributed by atoms with E-state index in [2.05, 4.69) is 18.4 Å². The SMILES string of the molecule is CCCCCCCCCCCCCCCCCC(=O)OC(COC(=O)CCCCCCCCCCCCCCCC)COP(=O)(O)OCC(O)CO. The van der Waals surface area contributed by atoms with Crippen molar-refractivity contribution in [1.82, 2.24) is 0 Å². The molecule has 3 atom stereocenters. The van der Waals surface area contributed by atoms with Gasteiger partial charge in [-0.2, -0.15) is 0 Å². The van der Waals surface area contributed by atoms with Gasteiger partial charge in [-0.15, -0.1) is 0 Å². The normalized spacial score (nSPS) is 13.9.